The molecule has 39 heavy (non-hydrogen) atoms. The monoisotopic (exact) mass is 551 g/mol. The van der Waals surface area contributed by atoms with Gasteiger partial charge in [0.05, 0.1) is 27.8 Å². The molecule has 4 rings (SSSR count). The summed E-state index contributed by atoms with van der Waals surface area (Å²) in [5, 5.41) is 15.3. The molecule has 0 spiro atoms. The van der Waals surface area contributed by atoms with Gasteiger partial charge in [-0.3, -0.25) is 4.79 Å². The minimum atomic E-state index is -4.59. The Balaban J connectivity index is 1.64. The first-order valence-electron chi connectivity index (χ1n) is 12.1. The normalized spacial score (nSPS) is 11.6. The zero-order chi connectivity index (χ0) is 28.2. The van der Waals surface area contributed by atoms with E-state index < -0.39 is 17.6 Å². The fourth-order valence-corrected chi connectivity index (χ4v) is 4.42. The number of fused-ring (bicyclic) bond motifs is 1. The van der Waals surface area contributed by atoms with E-state index in [1.54, 1.807) is 48.0 Å². The van der Waals surface area contributed by atoms with Crippen LogP contribution in [-0.4, -0.2) is 27.9 Å². The standard InChI is InChI=1S/C29H25ClF3N5O/c1-3-27-37-25-15-22(23(29(31,32)33)16-26(25)38(27)2)18-7-6-8-21(14-18)36-28(39)19-9-10-24(20(13-19)17-34)35-12-5-4-11-30/h4-10,13-16,35H,3,11-12H2,1-2H3,(H,36,39)/b5-4+. The number of carbonyl (C=O) groups excluding carboxylic acids is 1. The smallest absolute Gasteiger partial charge is 0.381 e. The summed E-state index contributed by atoms with van der Waals surface area (Å²) in [6.07, 6.45) is -0.424. The highest BCUT2D eigenvalue weighted by Gasteiger charge is 2.35. The second-order valence-corrected chi connectivity index (χ2v) is 9.05. The molecule has 0 unspecified atom stereocenters. The molecule has 2 N–H and O–H groups in total. The molecule has 1 heterocycles. The lowest BCUT2D eigenvalue weighted by atomic mass is 9.97. The van der Waals surface area contributed by atoms with E-state index in [9.17, 15) is 23.2 Å². The molecule has 3 aromatic carbocycles. The molecule has 0 saturated carbocycles. The maximum Gasteiger partial charge on any atom is 0.417 e. The van der Waals surface area contributed by atoms with Crippen molar-refractivity contribution in [2.24, 2.45) is 7.05 Å². The molecule has 200 valence electrons. The first-order valence-corrected chi connectivity index (χ1v) is 12.7. The van der Waals surface area contributed by atoms with Crippen LogP contribution in [0, 0.1) is 11.3 Å². The molecule has 0 fully saturated rings. The van der Waals surface area contributed by atoms with Crippen molar-refractivity contribution in [1.29, 1.82) is 5.26 Å². The maximum absolute atomic E-state index is 14.1. The molecule has 0 aliphatic carbocycles. The molecule has 0 aliphatic rings. The van der Waals surface area contributed by atoms with E-state index in [0.29, 0.717) is 47.1 Å². The van der Waals surface area contributed by atoms with Crippen LogP contribution in [0.1, 0.15) is 34.2 Å². The van der Waals surface area contributed by atoms with Crippen molar-refractivity contribution in [3.05, 3.63) is 89.3 Å². The number of anilines is 2. The van der Waals surface area contributed by atoms with E-state index in [2.05, 4.69) is 21.7 Å². The van der Waals surface area contributed by atoms with E-state index in [1.807, 2.05) is 13.0 Å². The molecular formula is C29H25ClF3N5O. The van der Waals surface area contributed by atoms with Crippen molar-refractivity contribution in [1.82, 2.24) is 9.55 Å². The summed E-state index contributed by atoms with van der Waals surface area (Å²) in [6.45, 7) is 2.35. The molecule has 1 aromatic heterocycles. The Hall–Kier alpha value is -4.29. The number of hydrogen-bond acceptors (Lipinski definition) is 4. The van der Waals surface area contributed by atoms with Gasteiger partial charge >= 0.3 is 6.18 Å². The largest absolute Gasteiger partial charge is 0.417 e. The van der Waals surface area contributed by atoms with Crippen LogP contribution in [0.2, 0.25) is 0 Å². The van der Waals surface area contributed by atoms with Gasteiger partial charge in [-0.05, 0) is 53.6 Å². The van der Waals surface area contributed by atoms with Gasteiger partial charge in [0.25, 0.3) is 5.91 Å². The van der Waals surface area contributed by atoms with Gasteiger partial charge in [0.2, 0.25) is 0 Å². The van der Waals surface area contributed by atoms with Crippen LogP contribution in [0.3, 0.4) is 0 Å². The average molecular weight is 552 g/mol. The number of nitriles is 1. The fraction of sp³-hybridized carbons (Fsp3) is 0.207. The number of carbonyl (C=O) groups is 1. The van der Waals surface area contributed by atoms with Gasteiger partial charge < -0.3 is 15.2 Å². The number of allylic oxidation sites excluding steroid dienone is 1. The zero-order valence-corrected chi connectivity index (χ0v) is 22.0. The van der Waals surface area contributed by atoms with Crippen LogP contribution in [0.5, 0.6) is 0 Å². The van der Waals surface area contributed by atoms with Crippen molar-refractivity contribution in [2.75, 3.05) is 23.1 Å². The number of halogens is 4. The van der Waals surface area contributed by atoms with Crippen molar-refractivity contribution < 1.29 is 18.0 Å². The third-order valence-electron chi connectivity index (χ3n) is 6.23. The van der Waals surface area contributed by atoms with Crippen LogP contribution < -0.4 is 10.6 Å². The Morgan fingerprint density at radius 3 is 2.64 bits per heavy atom. The predicted octanol–water partition coefficient (Wildman–Crippen LogP) is 7.15. The number of aromatic nitrogens is 2. The van der Waals surface area contributed by atoms with Crippen LogP contribution in [0.15, 0.2) is 66.7 Å². The summed E-state index contributed by atoms with van der Waals surface area (Å²) in [4.78, 5) is 17.4. The number of aryl methyl sites for hydroxylation is 2. The highest BCUT2D eigenvalue weighted by Crippen LogP contribution is 2.40. The highest BCUT2D eigenvalue weighted by molar-refractivity contribution is 6.18. The van der Waals surface area contributed by atoms with E-state index in [1.165, 1.54) is 18.2 Å². The first-order chi connectivity index (χ1) is 18.7. The Morgan fingerprint density at radius 2 is 1.95 bits per heavy atom. The molecule has 0 aliphatic heterocycles. The van der Waals surface area contributed by atoms with Gasteiger partial charge in [-0.2, -0.15) is 18.4 Å². The molecule has 10 heteroatoms. The molecule has 4 aromatic rings. The maximum atomic E-state index is 14.1. The van der Waals surface area contributed by atoms with Crippen LogP contribution in [-0.2, 0) is 19.6 Å². The molecule has 0 bridgehead atoms. The first kappa shape index (κ1) is 27.7. The SMILES string of the molecule is CCc1nc2cc(-c3cccc(NC(=O)c4ccc(NC/C=C/CCl)c(C#N)c4)c3)c(C(F)(F)F)cc2n1C. The van der Waals surface area contributed by atoms with E-state index >= 15 is 0 Å². The third-order valence-corrected chi connectivity index (χ3v) is 6.41. The molecule has 1 amide bonds. The number of amides is 1. The van der Waals surface area contributed by atoms with Crippen molar-refractivity contribution in [3.63, 3.8) is 0 Å². The van der Waals surface area contributed by atoms with Crippen molar-refractivity contribution in [2.45, 2.75) is 19.5 Å². The summed E-state index contributed by atoms with van der Waals surface area (Å²) in [5.41, 5.74) is 1.71. The minimum Gasteiger partial charge on any atom is -0.381 e. The van der Waals surface area contributed by atoms with E-state index in [4.69, 9.17) is 11.6 Å². The fourth-order valence-electron chi connectivity index (χ4n) is 4.29. The van der Waals surface area contributed by atoms with Gasteiger partial charge in [0.15, 0.2) is 0 Å². The molecule has 0 saturated heterocycles. The summed E-state index contributed by atoms with van der Waals surface area (Å²) in [6, 6.07) is 15.5. The van der Waals surface area contributed by atoms with Crippen LogP contribution >= 0.6 is 11.6 Å². The van der Waals surface area contributed by atoms with Crippen molar-refractivity contribution in [3.8, 4) is 17.2 Å². The molecule has 0 atom stereocenters. The number of rotatable bonds is 8. The summed E-state index contributed by atoms with van der Waals surface area (Å²) in [7, 11) is 1.70. The summed E-state index contributed by atoms with van der Waals surface area (Å²) in [5.74, 6) is 0.560. The lowest BCUT2D eigenvalue weighted by Crippen LogP contribution is -2.13. The summed E-state index contributed by atoms with van der Waals surface area (Å²) < 4.78 is 43.9. The average Bonchev–Trinajstić information content (AvgIpc) is 3.24. The number of nitrogens with one attached hydrogen (secondary N) is 2. The number of hydrogen-bond donors (Lipinski definition) is 2. The Kier molecular flexibility index (Phi) is 8.27. The highest BCUT2D eigenvalue weighted by atomic mass is 35.5. The quantitative estimate of drug-likeness (QED) is 0.180. The molecular weight excluding hydrogens is 527 g/mol. The van der Waals surface area contributed by atoms with Crippen LogP contribution in [0.25, 0.3) is 22.2 Å². The third kappa shape index (κ3) is 6.07. The van der Waals surface area contributed by atoms with Gasteiger partial charge in [0.1, 0.15) is 11.9 Å². The summed E-state index contributed by atoms with van der Waals surface area (Å²) >= 11 is 5.61. The van der Waals surface area contributed by atoms with E-state index in [0.717, 1.165) is 6.07 Å². The molecule has 6 nitrogen and oxygen atoms in total. The number of alkyl halides is 4. The topological polar surface area (TPSA) is 82.7 Å². The number of imidazole rings is 1. The Morgan fingerprint density at radius 1 is 1.15 bits per heavy atom. The van der Waals surface area contributed by atoms with Gasteiger partial charge in [0, 0.05) is 37.1 Å². The second-order valence-electron chi connectivity index (χ2n) is 8.74. The number of benzene rings is 3. The lowest BCUT2D eigenvalue weighted by molar-refractivity contribution is -0.137. The van der Waals surface area contributed by atoms with Crippen LogP contribution in [0.4, 0.5) is 24.5 Å². The Bertz CT molecular complexity index is 1600. The number of nitrogens with zero attached hydrogens (tertiary/aromatic N) is 3. The van der Waals surface area contributed by atoms with Gasteiger partial charge in [-0.1, -0.05) is 31.2 Å². The second kappa shape index (κ2) is 11.6. The van der Waals surface area contributed by atoms with E-state index in [-0.39, 0.29) is 22.3 Å². The van der Waals surface area contributed by atoms with Crippen molar-refractivity contribution >= 4 is 39.9 Å². The molecule has 0 radical (unpaired) electrons. The lowest BCUT2D eigenvalue weighted by Gasteiger charge is -2.15. The minimum absolute atomic E-state index is 0.0303. The Labute approximate surface area is 228 Å². The van der Waals surface area contributed by atoms with Gasteiger partial charge in [-0.15, -0.1) is 11.6 Å². The zero-order valence-electron chi connectivity index (χ0n) is 21.2. The predicted molar refractivity (Wildman–Crippen MR) is 148 cm³/mol. The van der Waals surface area contributed by atoms with Gasteiger partial charge in [-0.25, -0.2) is 4.98 Å².